The molecule has 5 rings (SSSR count). The quantitative estimate of drug-likeness (QED) is 0.255. The van der Waals surface area contributed by atoms with E-state index in [1.165, 1.54) is 16.8 Å². The molecule has 0 aliphatic heterocycles. The zero-order valence-electron chi connectivity index (χ0n) is 21.9. The Morgan fingerprint density at radius 2 is 1.93 bits per heavy atom. The maximum atomic E-state index is 15.3. The van der Waals surface area contributed by atoms with E-state index in [1.54, 1.807) is 5.10 Å². The first-order valence-electron chi connectivity index (χ1n) is 12.8. The minimum atomic E-state index is -4.91. The number of aromatic nitrogens is 5. The van der Waals surface area contributed by atoms with Gasteiger partial charge in [-0.25, -0.2) is 23.8 Å². The van der Waals surface area contributed by atoms with Gasteiger partial charge >= 0.3 is 12.8 Å². The summed E-state index contributed by atoms with van der Waals surface area (Å²) in [5, 5.41) is 7.43. The van der Waals surface area contributed by atoms with Crippen LogP contribution in [0.4, 0.5) is 42.2 Å². The number of rotatable bonds is 7. The summed E-state index contributed by atoms with van der Waals surface area (Å²) in [5.74, 6) is -4.68. The fraction of sp³-hybridized carbons (Fsp3) is 0.346. The number of pyridine rings is 1. The number of fused-ring (bicyclic) bond motifs is 1. The number of nitrogens with two attached hydrogens (primary N) is 1. The van der Waals surface area contributed by atoms with Crippen molar-refractivity contribution < 1.29 is 35.5 Å². The average molecular weight is 613 g/mol. The number of hydrogen-bond donors (Lipinski definition) is 3. The lowest BCUT2D eigenvalue weighted by atomic mass is 9.85. The Kier molecular flexibility index (Phi) is 7.98. The van der Waals surface area contributed by atoms with Crippen LogP contribution in [0.3, 0.4) is 0 Å². The van der Waals surface area contributed by atoms with Gasteiger partial charge in [-0.3, -0.25) is 9.59 Å². The molecule has 1 fully saturated rings. The Balaban J connectivity index is 1.39. The fourth-order valence-corrected chi connectivity index (χ4v) is 5.26. The second-order valence-corrected chi connectivity index (χ2v) is 9.97. The van der Waals surface area contributed by atoms with E-state index in [-0.39, 0.29) is 17.8 Å². The van der Waals surface area contributed by atoms with E-state index in [0.717, 1.165) is 18.5 Å². The molecule has 17 heteroatoms. The van der Waals surface area contributed by atoms with Gasteiger partial charge in [0.15, 0.2) is 29.0 Å². The zero-order chi connectivity index (χ0) is 31.1. The average Bonchev–Trinajstić information content (AvgIpc) is 2.92. The van der Waals surface area contributed by atoms with E-state index >= 15 is 8.78 Å². The number of nitrogens with one attached hydrogen (secondary N) is 2. The highest BCUT2D eigenvalue weighted by Gasteiger charge is 2.38. The maximum Gasteiger partial charge on any atom is 0.423 e. The van der Waals surface area contributed by atoms with Crippen LogP contribution >= 0.6 is 0 Å². The van der Waals surface area contributed by atoms with Gasteiger partial charge in [0.25, 0.3) is 11.1 Å². The third-order valence-electron chi connectivity index (χ3n) is 7.12. The van der Waals surface area contributed by atoms with Crippen LogP contribution in [-0.2, 0) is 12.7 Å². The monoisotopic (exact) mass is 613 g/mol. The van der Waals surface area contributed by atoms with Crippen LogP contribution in [0.25, 0.3) is 22.2 Å². The summed E-state index contributed by atoms with van der Waals surface area (Å²) in [6.45, 7) is -3.14. The lowest BCUT2D eigenvalue weighted by Crippen LogP contribution is -2.33. The number of ether oxygens (including phenoxy) is 1. The first-order chi connectivity index (χ1) is 20.3. The van der Waals surface area contributed by atoms with E-state index in [4.69, 9.17) is 5.73 Å². The topological polar surface area (TPSA) is 141 Å². The predicted octanol–water partition coefficient (Wildman–Crippen LogP) is 4.69. The van der Waals surface area contributed by atoms with Crippen LogP contribution in [0.1, 0.15) is 31.2 Å². The summed E-state index contributed by atoms with van der Waals surface area (Å²) in [6.07, 6.45) is 0.174. The van der Waals surface area contributed by atoms with Crippen LogP contribution in [0, 0.1) is 17.6 Å². The number of H-pyrrole nitrogens is 1. The first kappa shape index (κ1) is 29.8. The van der Waals surface area contributed by atoms with Crippen molar-refractivity contribution in [2.45, 2.75) is 51.1 Å². The summed E-state index contributed by atoms with van der Waals surface area (Å²) in [5.41, 5.74) is 1.04. The Bertz CT molecular complexity index is 1790. The summed E-state index contributed by atoms with van der Waals surface area (Å²) >= 11 is 0. The molecule has 0 radical (unpaired) electrons. The van der Waals surface area contributed by atoms with Crippen LogP contribution in [0.5, 0.6) is 5.75 Å². The SMILES string of the molecule is Nc1nc(-c2cc3ccn(C[C@@H]4CCC[C@H](Nc5cn[nH]c(=O)c5C(F)(F)F)C4)c(=O)c3c(F)c2F)ncc1OC(F)F. The molecule has 3 aromatic heterocycles. The molecule has 10 nitrogen and oxygen atoms in total. The summed E-state index contributed by atoms with van der Waals surface area (Å²) in [7, 11) is 0. The number of halogens is 7. The minimum absolute atomic E-state index is 0.00916. The highest BCUT2D eigenvalue weighted by Crippen LogP contribution is 2.35. The molecule has 1 aliphatic carbocycles. The third-order valence-corrected chi connectivity index (χ3v) is 7.12. The van der Waals surface area contributed by atoms with Crippen molar-refractivity contribution in [2.75, 3.05) is 11.1 Å². The Labute approximate surface area is 236 Å². The molecule has 0 saturated heterocycles. The van der Waals surface area contributed by atoms with Gasteiger partial charge in [0.1, 0.15) is 5.56 Å². The lowest BCUT2D eigenvalue weighted by Gasteiger charge is -2.31. The van der Waals surface area contributed by atoms with E-state index < -0.39 is 81.2 Å². The molecule has 2 atom stereocenters. The van der Waals surface area contributed by atoms with Crippen LogP contribution in [-0.4, -0.2) is 37.4 Å². The summed E-state index contributed by atoms with van der Waals surface area (Å²) < 4.78 is 101. The highest BCUT2D eigenvalue weighted by atomic mass is 19.4. The van der Waals surface area contributed by atoms with Gasteiger partial charge in [0.2, 0.25) is 0 Å². The normalized spacial score (nSPS) is 17.4. The second-order valence-electron chi connectivity index (χ2n) is 9.97. The molecule has 1 aromatic carbocycles. The third kappa shape index (κ3) is 6.10. The Morgan fingerprint density at radius 1 is 1.16 bits per heavy atom. The molecule has 1 saturated carbocycles. The number of hydrogen-bond acceptors (Lipinski definition) is 8. The smallest absolute Gasteiger partial charge is 0.423 e. The van der Waals surface area contributed by atoms with Crippen LogP contribution in [0.15, 0.2) is 40.3 Å². The zero-order valence-corrected chi connectivity index (χ0v) is 21.9. The summed E-state index contributed by atoms with van der Waals surface area (Å²) in [4.78, 5) is 32.4. The van der Waals surface area contributed by atoms with Gasteiger partial charge in [0, 0.05) is 18.8 Å². The van der Waals surface area contributed by atoms with Gasteiger partial charge < -0.3 is 20.4 Å². The van der Waals surface area contributed by atoms with Crippen molar-refractivity contribution in [2.24, 2.45) is 5.92 Å². The standard InChI is InChI=1S/C26H22F7N7O3/c27-19-14(22-35-9-16(21(34)38-22)43-25(29)30)7-12-4-5-40(24(42)17(12)20(19)28)10-11-2-1-3-13(6-11)37-15-8-36-39-23(41)18(15)26(31,32)33/h4-5,7-9,11,13,25H,1-3,6,10H2,(H2,34,35,38)(H2,37,39,41)/t11-,13+/m1/s1. The van der Waals surface area contributed by atoms with Crippen LogP contribution in [0.2, 0.25) is 0 Å². The Morgan fingerprint density at radius 3 is 2.63 bits per heavy atom. The Hall–Kier alpha value is -4.70. The van der Waals surface area contributed by atoms with Crippen molar-refractivity contribution in [3.05, 3.63) is 68.6 Å². The molecule has 43 heavy (non-hydrogen) atoms. The predicted molar refractivity (Wildman–Crippen MR) is 139 cm³/mol. The number of nitrogen functional groups attached to an aromatic ring is 1. The molecule has 4 N–H and O–H groups in total. The van der Waals surface area contributed by atoms with Crippen molar-refractivity contribution in [3.63, 3.8) is 0 Å². The molecule has 3 heterocycles. The molecule has 4 aromatic rings. The van der Waals surface area contributed by atoms with E-state index in [1.807, 2.05) is 0 Å². The molecule has 228 valence electrons. The minimum Gasteiger partial charge on any atom is -0.429 e. The molecule has 1 aliphatic rings. The summed E-state index contributed by atoms with van der Waals surface area (Å²) in [6, 6.07) is 2.02. The van der Waals surface area contributed by atoms with Crippen molar-refractivity contribution in [1.82, 2.24) is 24.7 Å². The molecule has 0 amide bonds. The number of alkyl halides is 5. The number of anilines is 2. The first-order valence-corrected chi connectivity index (χ1v) is 12.8. The van der Waals surface area contributed by atoms with Gasteiger partial charge in [-0.2, -0.15) is 27.1 Å². The van der Waals surface area contributed by atoms with Crippen molar-refractivity contribution in [3.8, 4) is 17.1 Å². The van der Waals surface area contributed by atoms with Gasteiger partial charge in [-0.1, -0.05) is 6.42 Å². The van der Waals surface area contributed by atoms with Gasteiger partial charge in [-0.05, 0) is 42.7 Å². The van der Waals surface area contributed by atoms with E-state index in [9.17, 15) is 31.5 Å². The van der Waals surface area contributed by atoms with Gasteiger partial charge in [-0.15, -0.1) is 0 Å². The number of aromatic amines is 1. The molecule has 0 bridgehead atoms. The molecular formula is C26H22F7N7O3. The fourth-order valence-electron chi connectivity index (χ4n) is 5.26. The van der Waals surface area contributed by atoms with Crippen LogP contribution < -0.4 is 26.9 Å². The van der Waals surface area contributed by atoms with Crippen molar-refractivity contribution >= 4 is 22.3 Å². The highest BCUT2D eigenvalue weighted by molar-refractivity contribution is 5.86. The molecule has 0 spiro atoms. The molecule has 0 unspecified atom stereocenters. The van der Waals surface area contributed by atoms with E-state index in [2.05, 4.69) is 25.1 Å². The lowest BCUT2D eigenvalue weighted by molar-refractivity contribution is -0.138. The van der Waals surface area contributed by atoms with E-state index in [0.29, 0.717) is 25.7 Å². The largest absolute Gasteiger partial charge is 0.429 e. The van der Waals surface area contributed by atoms with Gasteiger partial charge in [0.05, 0.1) is 29.0 Å². The molecular weight excluding hydrogens is 591 g/mol. The van der Waals surface area contributed by atoms with Crippen molar-refractivity contribution in [1.29, 1.82) is 0 Å². The maximum absolute atomic E-state index is 15.3. The number of nitrogens with zero attached hydrogens (tertiary/aromatic N) is 4. The number of benzene rings is 1. The second kappa shape index (κ2) is 11.5.